The van der Waals surface area contributed by atoms with E-state index < -0.39 is 9.84 Å². The predicted molar refractivity (Wildman–Crippen MR) is 107 cm³/mol. The zero-order valence-corrected chi connectivity index (χ0v) is 17.2. The summed E-state index contributed by atoms with van der Waals surface area (Å²) in [4.78, 5) is 17.4. The zero-order valence-electron chi connectivity index (χ0n) is 15.5. The van der Waals surface area contributed by atoms with Crippen molar-refractivity contribution < 1.29 is 13.2 Å². The van der Waals surface area contributed by atoms with E-state index in [2.05, 4.69) is 46.2 Å². The van der Waals surface area contributed by atoms with Crippen molar-refractivity contribution in [2.75, 3.05) is 31.6 Å². The Morgan fingerprint density at radius 2 is 2.15 bits per heavy atom. The number of thiophene rings is 1. The number of carbonyl (C=O) groups excluding carboxylic acids is 1. The molecule has 146 valence electrons. The number of carbonyl (C=O) groups is 1. The standard InChI is InChI=1S/C17H28N4O3S2/c1-17(2,14-5-4-9-25-14)12-20-16(18-3)19-8-6-15(22)21-13-7-10-26(23,24)11-13/h4-5,9,13H,6-8,10-12H2,1-3H3,(H,21,22)(H2,18,19,20). The maximum absolute atomic E-state index is 11.9. The molecule has 0 aliphatic carbocycles. The van der Waals surface area contributed by atoms with Crippen LogP contribution in [0.3, 0.4) is 0 Å². The molecule has 1 fully saturated rings. The number of nitrogens with zero attached hydrogens (tertiary/aromatic N) is 1. The van der Waals surface area contributed by atoms with Gasteiger partial charge in [0.1, 0.15) is 0 Å². The average Bonchev–Trinajstić information content (AvgIpc) is 3.21. The molecule has 1 atom stereocenters. The third-order valence-electron chi connectivity index (χ3n) is 4.35. The summed E-state index contributed by atoms with van der Waals surface area (Å²) in [5, 5.41) is 11.3. The number of guanidine groups is 1. The molecule has 1 aliphatic heterocycles. The number of nitrogens with one attached hydrogen (secondary N) is 3. The molecule has 0 spiro atoms. The molecule has 0 saturated carbocycles. The van der Waals surface area contributed by atoms with Gasteiger partial charge in [-0.05, 0) is 17.9 Å². The third kappa shape index (κ3) is 6.28. The summed E-state index contributed by atoms with van der Waals surface area (Å²) in [7, 11) is -1.29. The molecule has 26 heavy (non-hydrogen) atoms. The van der Waals surface area contributed by atoms with Crippen LogP contribution in [0.4, 0.5) is 0 Å². The Kier molecular flexibility index (Phi) is 7.05. The van der Waals surface area contributed by atoms with Gasteiger partial charge in [-0.15, -0.1) is 11.3 Å². The SMILES string of the molecule is CN=C(NCCC(=O)NC1CCS(=O)(=O)C1)NCC(C)(C)c1cccs1. The molecule has 1 saturated heterocycles. The number of rotatable bonds is 7. The van der Waals surface area contributed by atoms with Crippen LogP contribution in [-0.4, -0.2) is 58.0 Å². The number of sulfone groups is 1. The van der Waals surface area contributed by atoms with E-state index >= 15 is 0 Å². The molecule has 1 aliphatic rings. The molecular formula is C17H28N4O3S2. The summed E-state index contributed by atoms with van der Waals surface area (Å²) in [6, 6.07) is 3.91. The van der Waals surface area contributed by atoms with E-state index in [4.69, 9.17) is 0 Å². The number of amides is 1. The molecule has 3 N–H and O–H groups in total. The van der Waals surface area contributed by atoms with Gasteiger partial charge < -0.3 is 16.0 Å². The fourth-order valence-electron chi connectivity index (χ4n) is 2.78. The first-order valence-corrected chi connectivity index (χ1v) is 11.4. The second-order valence-corrected chi connectivity index (χ2v) is 10.3. The summed E-state index contributed by atoms with van der Waals surface area (Å²) < 4.78 is 22.8. The van der Waals surface area contributed by atoms with E-state index in [1.54, 1.807) is 18.4 Å². The fraction of sp³-hybridized carbons (Fsp3) is 0.647. The summed E-state index contributed by atoms with van der Waals surface area (Å²) in [6.45, 7) is 5.49. The smallest absolute Gasteiger partial charge is 0.222 e. The zero-order chi connectivity index (χ0) is 19.2. The number of hydrogen-bond acceptors (Lipinski definition) is 5. The van der Waals surface area contributed by atoms with Crippen molar-refractivity contribution in [3.8, 4) is 0 Å². The van der Waals surface area contributed by atoms with Crippen LogP contribution >= 0.6 is 11.3 Å². The van der Waals surface area contributed by atoms with Crippen molar-refractivity contribution in [1.82, 2.24) is 16.0 Å². The Morgan fingerprint density at radius 3 is 2.73 bits per heavy atom. The average molecular weight is 401 g/mol. The Bertz CT molecular complexity index is 727. The summed E-state index contributed by atoms with van der Waals surface area (Å²) in [5.74, 6) is 0.708. The van der Waals surface area contributed by atoms with Gasteiger partial charge in [0.25, 0.3) is 0 Å². The highest BCUT2D eigenvalue weighted by Gasteiger charge is 2.28. The number of hydrogen-bond donors (Lipinski definition) is 3. The van der Waals surface area contributed by atoms with Gasteiger partial charge in [-0.25, -0.2) is 8.42 Å². The monoisotopic (exact) mass is 400 g/mol. The Morgan fingerprint density at radius 1 is 1.38 bits per heavy atom. The molecule has 0 radical (unpaired) electrons. The van der Waals surface area contributed by atoms with Gasteiger partial charge in [0.15, 0.2) is 15.8 Å². The van der Waals surface area contributed by atoms with E-state index in [1.165, 1.54) is 4.88 Å². The van der Waals surface area contributed by atoms with Gasteiger partial charge >= 0.3 is 0 Å². The molecule has 1 aromatic rings. The highest BCUT2D eigenvalue weighted by atomic mass is 32.2. The number of aliphatic imine (C=N–C) groups is 1. The molecule has 1 unspecified atom stereocenters. The molecule has 7 nitrogen and oxygen atoms in total. The van der Waals surface area contributed by atoms with Crippen molar-refractivity contribution >= 4 is 33.0 Å². The first kappa shape index (κ1) is 20.7. The van der Waals surface area contributed by atoms with Gasteiger partial charge in [-0.3, -0.25) is 9.79 Å². The van der Waals surface area contributed by atoms with Crippen molar-refractivity contribution in [2.45, 2.75) is 38.1 Å². The molecular weight excluding hydrogens is 372 g/mol. The van der Waals surface area contributed by atoms with E-state index in [1.807, 2.05) is 6.07 Å². The van der Waals surface area contributed by atoms with Gasteiger partial charge in [-0.2, -0.15) is 0 Å². The second-order valence-electron chi connectivity index (χ2n) is 7.13. The third-order valence-corrected chi connectivity index (χ3v) is 7.36. The molecule has 0 aromatic carbocycles. The minimum Gasteiger partial charge on any atom is -0.356 e. The van der Waals surface area contributed by atoms with Crippen LogP contribution in [0.5, 0.6) is 0 Å². The van der Waals surface area contributed by atoms with Crippen molar-refractivity contribution in [3.63, 3.8) is 0 Å². The minimum absolute atomic E-state index is 0.0167. The van der Waals surface area contributed by atoms with Crippen LogP contribution in [0.2, 0.25) is 0 Å². The van der Waals surface area contributed by atoms with Gasteiger partial charge in [-0.1, -0.05) is 19.9 Å². The fourth-order valence-corrected chi connectivity index (χ4v) is 5.30. The van der Waals surface area contributed by atoms with E-state index in [0.717, 1.165) is 6.54 Å². The lowest BCUT2D eigenvalue weighted by Gasteiger charge is -2.25. The van der Waals surface area contributed by atoms with Crippen LogP contribution in [0.15, 0.2) is 22.5 Å². The van der Waals surface area contributed by atoms with Crippen LogP contribution in [0, 0.1) is 0 Å². The lowest BCUT2D eigenvalue weighted by atomic mass is 9.91. The van der Waals surface area contributed by atoms with E-state index in [0.29, 0.717) is 18.9 Å². The lowest BCUT2D eigenvalue weighted by Crippen LogP contribution is -2.44. The largest absolute Gasteiger partial charge is 0.356 e. The van der Waals surface area contributed by atoms with Crippen molar-refractivity contribution in [1.29, 1.82) is 0 Å². The van der Waals surface area contributed by atoms with Gasteiger partial charge in [0, 0.05) is 42.9 Å². The lowest BCUT2D eigenvalue weighted by molar-refractivity contribution is -0.121. The topological polar surface area (TPSA) is 99.7 Å². The molecule has 2 rings (SSSR count). The molecule has 1 amide bonds. The maximum atomic E-state index is 11.9. The molecule has 2 heterocycles. The van der Waals surface area contributed by atoms with Gasteiger partial charge in [0.05, 0.1) is 11.5 Å². The van der Waals surface area contributed by atoms with Crippen LogP contribution in [0.1, 0.15) is 31.6 Å². The highest BCUT2D eigenvalue weighted by Crippen LogP contribution is 2.26. The first-order valence-electron chi connectivity index (χ1n) is 8.70. The van der Waals surface area contributed by atoms with Gasteiger partial charge in [0.2, 0.25) is 5.91 Å². The summed E-state index contributed by atoms with van der Waals surface area (Å²) in [5.41, 5.74) is -0.0167. The minimum atomic E-state index is -2.98. The van der Waals surface area contributed by atoms with Crippen LogP contribution < -0.4 is 16.0 Å². The maximum Gasteiger partial charge on any atom is 0.222 e. The second kappa shape index (κ2) is 8.85. The van der Waals surface area contributed by atoms with Crippen molar-refractivity contribution in [3.05, 3.63) is 22.4 Å². The highest BCUT2D eigenvalue weighted by molar-refractivity contribution is 7.91. The first-order chi connectivity index (χ1) is 12.2. The van der Waals surface area contributed by atoms with E-state index in [9.17, 15) is 13.2 Å². The van der Waals surface area contributed by atoms with E-state index in [-0.39, 0.29) is 35.3 Å². The quantitative estimate of drug-likeness (QED) is 0.466. The molecule has 0 bridgehead atoms. The van der Waals surface area contributed by atoms with Crippen LogP contribution in [0.25, 0.3) is 0 Å². The Labute approximate surface area is 159 Å². The Balaban J connectivity index is 1.69. The predicted octanol–water partition coefficient (Wildman–Crippen LogP) is 0.884. The molecule has 1 aromatic heterocycles. The summed E-state index contributed by atoms with van der Waals surface area (Å²) in [6.07, 6.45) is 0.772. The Hall–Kier alpha value is -1.61. The summed E-state index contributed by atoms with van der Waals surface area (Å²) >= 11 is 1.73. The molecule has 9 heteroatoms. The normalized spacial score (nSPS) is 20.0. The van der Waals surface area contributed by atoms with Crippen LogP contribution in [-0.2, 0) is 20.0 Å². The van der Waals surface area contributed by atoms with Crippen molar-refractivity contribution in [2.24, 2.45) is 4.99 Å².